The molecule has 2 amide bonds. The van der Waals surface area contributed by atoms with Crippen LogP contribution < -0.4 is 10.6 Å². The summed E-state index contributed by atoms with van der Waals surface area (Å²) in [5.74, 6) is -0.186. The quantitative estimate of drug-likeness (QED) is 0.901. The third-order valence-electron chi connectivity index (χ3n) is 4.72. The fraction of sp³-hybridized carbons (Fsp3) is 0.333. The van der Waals surface area contributed by atoms with E-state index in [2.05, 4.69) is 0 Å². The summed E-state index contributed by atoms with van der Waals surface area (Å²) in [7, 11) is 0. The normalized spacial score (nSPS) is 14.1. The smallest absolute Gasteiger partial charge is 0.258 e. The molecule has 0 atom stereocenters. The van der Waals surface area contributed by atoms with Gasteiger partial charge in [-0.25, -0.2) is 0 Å². The lowest BCUT2D eigenvalue weighted by Crippen LogP contribution is -2.45. The van der Waals surface area contributed by atoms with Gasteiger partial charge in [0.15, 0.2) is 0 Å². The number of para-hydroxylation sites is 1. The van der Waals surface area contributed by atoms with Gasteiger partial charge in [0.1, 0.15) is 6.54 Å². The van der Waals surface area contributed by atoms with E-state index >= 15 is 0 Å². The molecule has 2 aromatic rings. The first kappa shape index (κ1) is 18.1. The van der Waals surface area contributed by atoms with E-state index in [1.165, 1.54) is 0 Å². The highest BCUT2D eigenvalue weighted by molar-refractivity contribution is 6.08. The maximum Gasteiger partial charge on any atom is 0.258 e. The molecule has 0 spiro atoms. The summed E-state index contributed by atoms with van der Waals surface area (Å²) in [6.07, 6.45) is 3.23. The number of nitrogens with zero attached hydrogens (tertiary/aromatic N) is 2. The number of likely N-dealkylation sites (tertiary alicyclic amines) is 1. The third-order valence-corrected chi connectivity index (χ3v) is 4.72. The Morgan fingerprint density at radius 1 is 0.962 bits per heavy atom. The van der Waals surface area contributed by atoms with Crippen LogP contribution in [0.15, 0.2) is 54.6 Å². The molecule has 1 aliphatic heterocycles. The number of benzene rings is 2. The van der Waals surface area contributed by atoms with Crippen LogP contribution in [-0.2, 0) is 11.3 Å². The van der Waals surface area contributed by atoms with Crippen molar-refractivity contribution < 1.29 is 9.59 Å². The van der Waals surface area contributed by atoms with Gasteiger partial charge < -0.3 is 10.6 Å². The Kier molecular flexibility index (Phi) is 6.02. The number of nitrogens with two attached hydrogens (primary N) is 1. The van der Waals surface area contributed by atoms with Crippen molar-refractivity contribution in [3.63, 3.8) is 0 Å². The molecule has 2 aromatic carbocycles. The highest BCUT2D eigenvalue weighted by Crippen LogP contribution is 2.19. The molecule has 3 rings (SSSR count). The molecule has 0 unspecified atom stereocenters. The molecule has 5 heteroatoms. The van der Waals surface area contributed by atoms with E-state index in [0.29, 0.717) is 12.1 Å². The van der Waals surface area contributed by atoms with Gasteiger partial charge in [0, 0.05) is 30.9 Å². The van der Waals surface area contributed by atoms with Gasteiger partial charge in [0.2, 0.25) is 5.91 Å². The average molecular weight is 351 g/mol. The van der Waals surface area contributed by atoms with E-state index < -0.39 is 0 Å². The Bertz CT molecular complexity index is 755. The largest absolute Gasteiger partial charge is 0.341 e. The molecule has 0 saturated carbocycles. The minimum Gasteiger partial charge on any atom is -0.341 e. The van der Waals surface area contributed by atoms with E-state index in [1.807, 2.05) is 47.4 Å². The molecule has 5 nitrogen and oxygen atoms in total. The molecular weight excluding hydrogens is 326 g/mol. The van der Waals surface area contributed by atoms with Crippen molar-refractivity contribution in [2.45, 2.75) is 25.8 Å². The number of hydrogen-bond donors (Lipinski definition) is 1. The van der Waals surface area contributed by atoms with Crippen molar-refractivity contribution in [3.8, 4) is 0 Å². The lowest BCUT2D eigenvalue weighted by molar-refractivity contribution is -0.130. The number of hydrogen-bond acceptors (Lipinski definition) is 3. The van der Waals surface area contributed by atoms with Crippen molar-refractivity contribution in [2.75, 3.05) is 24.5 Å². The molecule has 1 saturated heterocycles. The minimum absolute atomic E-state index is 0.00289. The van der Waals surface area contributed by atoms with Crippen molar-refractivity contribution in [1.82, 2.24) is 4.90 Å². The van der Waals surface area contributed by atoms with Crippen LogP contribution in [0.1, 0.15) is 35.2 Å². The van der Waals surface area contributed by atoms with Crippen LogP contribution in [0.3, 0.4) is 0 Å². The minimum atomic E-state index is -0.183. The lowest BCUT2D eigenvalue weighted by atomic mass is 10.1. The Labute approximate surface area is 154 Å². The highest BCUT2D eigenvalue weighted by atomic mass is 16.2. The van der Waals surface area contributed by atoms with Crippen LogP contribution in [0.25, 0.3) is 0 Å². The van der Waals surface area contributed by atoms with Gasteiger partial charge in [0.05, 0.1) is 0 Å². The monoisotopic (exact) mass is 351 g/mol. The van der Waals surface area contributed by atoms with Gasteiger partial charge in [-0.15, -0.1) is 0 Å². The molecule has 136 valence electrons. The Morgan fingerprint density at radius 2 is 1.69 bits per heavy atom. The zero-order chi connectivity index (χ0) is 18.4. The zero-order valence-corrected chi connectivity index (χ0v) is 14.9. The fourth-order valence-electron chi connectivity index (χ4n) is 3.25. The number of amides is 2. The summed E-state index contributed by atoms with van der Waals surface area (Å²) >= 11 is 0. The molecule has 1 fully saturated rings. The summed E-state index contributed by atoms with van der Waals surface area (Å²) in [5.41, 5.74) is 7.86. The second kappa shape index (κ2) is 8.63. The molecule has 2 N–H and O–H groups in total. The topological polar surface area (TPSA) is 66.6 Å². The van der Waals surface area contributed by atoms with Gasteiger partial charge in [-0.05, 0) is 49.1 Å². The van der Waals surface area contributed by atoms with E-state index in [-0.39, 0.29) is 18.4 Å². The average Bonchev–Trinajstić information content (AvgIpc) is 2.72. The van der Waals surface area contributed by atoms with Crippen LogP contribution in [0.4, 0.5) is 5.69 Å². The Balaban J connectivity index is 1.85. The van der Waals surface area contributed by atoms with E-state index in [1.54, 1.807) is 17.0 Å². The molecule has 0 aliphatic carbocycles. The first-order valence-corrected chi connectivity index (χ1v) is 9.13. The zero-order valence-electron chi connectivity index (χ0n) is 14.9. The van der Waals surface area contributed by atoms with Crippen LogP contribution in [-0.4, -0.2) is 36.3 Å². The Morgan fingerprint density at radius 3 is 2.38 bits per heavy atom. The van der Waals surface area contributed by atoms with Gasteiger partial charge in [-0.2, -0.15) is 0 Å². The van der Waals surface area contributed by atoms with Crippen LogP contribution >= 0.6 is 0 Å². The molecule has 1 heterocycles. The summed E-state index contributed by atoms with van der Waals surface area (Å²) in [6, 6.07) is 16.6. The van der Waals surface area contributed by atoms with Crippen LogP contribution in [0.5, 0.6) is 0 Å². The standard InChI is InChI=1S/C21H25N3O2/c22-15-17-8-7-9-18(14-17)21(26)24(19-10-3-1-4-11-19)16-20(25)23-12-5-2-6-13-23/h1,3-4,7-11,14H,2,5-6,12-13,15-16,22H2. The summed E-state index contributed by atoms with van der Waals surface area (Å²) in [5, 5.41) is 0. The number of rotatable bonds is 5. The third kappa shape index (κ3) is 4.29. The SMILES string of the molecule is NCc1cccc(C(=O)N(CC(=O)N2CCCCC2)c2ccccc2)c1. The van der Waals surface area contributed by atoms with E-state index in [9.17, 15) is 9.59 Å². The second-order valence-electron chi connectivity index (χ2n) is 6.57. The molecule has 0 aromatic heterocycles. The van der Waals surface area contributed by atoms with Gasteiger partial charge in [-0.1, -0.05) is 30.3 Å². The molecule has 0 bridgehead atoms. The summed E-state index contributed by atoms with van der Waals surface area (Å²) in [4.78, 5) is 29.3. The molecule has 0 radical (unpaired) electrons. The summed E-state index contributed by atoms with van der Waals surface area (Å²) in [6.45, 7) is 1.98. The van der Waals surface area contributed by atoms with Crippen molar-refractivity contribution in [1.29, 1.82) is 0 Å². The van der Waals surface area contributed by atoms with Gasteiger partial charge in [-0.3, -0.25) is 14.5 Å². The number of carbonyl (C=O) groups excluding carboxylic acids is 2. The van der Waals surface area contributed by atoms with Crippen LogP contribution in [0.2, 0.25) is 0 Å². The molecule has 26 heavy (non-hydrogen) atoms. The van der Waals surface area contributed by atoms with Gasteiger partial charge >= 0.3 is 0 Å². The fourth-order valence-corrected chi connectivity index (χ4v) is 3.25. The first-order chi connectivity index (χ1) is 12.7. The second-order valence-corrected chi connectivity index (χ2v) is 6.57. The van der Waals surface area contributed by atoms with Crippen molar-refractivity contribution in [2.24, 2.45) is 5.73 Å². The van der Waals surface area contributed by atoms with E-state index in [4.69, 9.17) is 5.73 Å². The maximum atomic E-state index is 13.1. The highest BCUT2D eigenvalue weighted by Gasteiger charge is 2.24. The lowest BCUT2D eigenvalue weighted by Gasteiger charge is -2.30. The van der Waals surface area contributed by atoms with Gasteiger partial charge in [0.25, 0.3) is 5.91 Å². The molecule has 1 aliphatic rings. The predicted molar refractivity (Wildman–Crippen MR) is 103 cm³/mol. The van der Waals surface area contributed by atoms with Crippen molar-refractivity contribution in [3.05, 3.63) is 65.7 Å². The molecular formula is C21H25N3O2. The first-order valence-electron chi connectivity index (χ1n) is 9.13. The number of piperidine rings is 1. The Hall–Kier alpha value is -2.66. The van der Waals surface area contributed by atoms with Crippen LogP contribution in [0, 0.1) is 0 Å². The predicted octanol–water partition coefficient (Wildman–Crippen LogP) is 2.80. The summed E-state index contributed by atoms with van der Waals surface area (Å²) < 4.78 is 0. The number of carbonyl (C=O) groups is 2. The van der Waals surface area contributed by atoms with Crippen molar-refractivity contribution >= 4 is 17.5 Å². The number of anilines is 1. The maximum absolute atomic E-state index is 13.1. The van der Waals surface area contributed by atoms with E-state index in [0.717, 1.165) is 43.6 Å².